The highest BCUT2D eigenvalue weighted by Crippen LogP contribution is 2.16. The second-order valence-electron chi connectivity index (χ2n) is 5.90. The third-order valence-electron chi connectivity index (χ3n) is 3.83. The van der Waals surface area contributed by atoms with Gasteiger partial charge in [0.1, 0.15) is 5.82 Å². The van der Waals surface area contributed by atoms with Crippen molar-refractivity contribution in [2.75, 3.05) is 13.1 Å². The molecular weight excluding hydrogens is 269 g/mol. The average Bonchev–Trinajstić information content (AvgIpc) is 2.99. The van der Waals surface area contributed by atoms with E-state index in [2.05, 4.69) is 5.32 Å². The zero-order valence-electron chi connectivity index (χ0n) is 12.4. The molecule has 1 aromatic rings. The second-order valence-corrected chi connectivity index (χ2v) is 5.90. The highest BCUT2D eigenvalue weighted by Gasteiger charge is 2.32. The first-order valence-corrected chi connectivity index (χ1v) is 7.17. The third-order valence-corrected chi connectivity index (χ3v) is 3.83. The van der Waals surface area contributed by atoms with Gasteiger partial charge in [-0.25, -0.2) is 4.39 Å². The molecule has 1 amide bonds. The van der Waals surface area contributed by atoms with Crippen LogP contribution in [0.3, 0.4) is 0 Å². The van der Waals surface area contributed by atoms with Gasteiger partial charge in [-0.2, -0.15) is 5.26 Å². The number of halogens is 1. The van der Waals surface area contributed by atoms with Crippen LogP contribution in [0.15, 0.2) is 18.2 Å². The highest BCUT2D eigenvalue weighted by atomic mass is 19.1. The largest absolute Gasteiger partial charge is 0.341 e. The third kappa shape index (κ3) is 3.59. The lowest BCUT2D eigenvalue weighted by atomic mass is 10.0. The molecule has 2 rings (SSSR count). The van der Waals surface area contributed by atoms with Gasteiger partial charge in [0.2, 0.25) is 5.91 Å². The molecule has 0 aromatic heterocycles. The van der Waals surface area contributed by atoms with Crippen molar-refractivity contribution >= 4 is 5.91 Å². The molecule has 4 nitrogen and oxygen atoms in total. The Balaban J connectivity index is 2.01. The summed E-state index contributed by atoms with van der Waals surface area (Å²) in [5.74, 6) is -0.375. The van der Waals surface area contributed by atoms with Crippen molar-refractivity contribution in [1.29, 1.82) is 5.26 Å². The summed E-state index contributed by atoms with van der Waals surface area (Å²) in [6.45, 7) is 5.48. The Labute approximate surface area is 124 Å². The molecule has 112 valence electrons. The predicted molar refractivity (Wildman–Crippen MR) is 77.8 cm³/mol. The van der Waals surface area contributed by atoms with Crippen LogP contribution in [0.5, 0.6) is 0 Å². The van der Waals surface area contributed by atoms with E-state index in [0.717, 1.165) is 25.9 Å². The lowest BCUT2D eigenvalue weighted by molar-refractivity contribution is -0.136. The molecule has 5 heteroatoms. The molecule has 1 heterocycles. The lowest BCUT2D eigenvalue weighted by Gasteiger charge is -2.30. The maximum Gasteiger partial charge on any atom is 0.242 e. The van der Waals surface area contributed by atoms with Crippen LogP contribution in [0, 0.1) is 17.1 Å². The van der Waals surface area contributed by atoms with Gasteiger partial charge in [0.25, 0.3) is 0 Å². The number of hydrogen-bond donors (Lipinski definition) is 1. The fourth-order valence-electron chi connectivity index (χ4n) is 2.47. The molecule has 1 aromatic carbocycles. The van der Waals surface area contributed by atoms with Crippen molar-refractivity contribution in [3.63, 3.8) is 0 Å². The van der Waals surface area contributed by atoms with Crippen LogP contribution in [0.25, 0.3) is 0 Å². The first kappa shape index (κ1) is 15.5. The number of benzene rings is 1. The van der Waals surface area contributed by atoms with Gasteiger partial charge in [0.05, 0.1) is 17.2 Å². The van der Waals surface area contributed by atoms with Gasteiger partial charge in [0.15, 0.2) is 0 Å². The van der Waals surface area contributed by atoms with E-state index in [1.165, 1.54) is 6.07 Å². The van der Waals surface area contributed by atoms with Gasteiger partial charge < -0.3 is 4.90 Å². The predicted octanol–water partition coefficient (Wildman–Crippen LogP) is 2.19. The molecule has 0 unspecified atom stereocenters. The van der Waals surface area contributed by atoms with Crippen molar-refractivity contribution in [2.45, 2.75) is 38.8 Å². The molecule has 1 saturated heterocycles. The van der Waals surface area contributed by atoms with Crippen molar-refractivity contribution in [3.8, 4) is 6.07 Å². The molecule has 0 radical (unpaired) electrons. The van der Waals surface area contributed by atoms with Gasteiger partial charge in [-0.1, -0.05) is 6.07 Å². The van der Waals surface area contributed by atoms with Crippen molar-refractivity contribution < 1.29 is 9.18 Å². The number of carbonyl (C=O) groups is 1. The topological polar surface area (TPSA) is 56.1 Å². The molecule has 21 heavy (non-hydrogen) atoms. The number of likely N-dealkylation sites (tertiary alicyclic amines) is 1. The Morgan fingerprint density at radius 2 is 2.10 bits per heavy atom. The van der Waals surface area contributed by atoms with Crippen molar-refractivity contribution in [3.05, 3.63) is 35.1 Å². The van der Waals surface area contributed by atoms with Gasteiger partial charge >= 0.3 is 0 Å². The minimum absolute atomic E-state index is 0.0500. The van der Waals surface area contributed by atoms with Gasteiger partial charge in [-0.05, 0) is 38.8 Å². The Bertz CT molecular complexity index is 571. The number of nitrogens with one attached hydrogen (secondary N) is 1. The summed E-state index contributed by atoms with van der Waals surface area (Å²) in [5, 5.41) is 11.8. The Morgan fingerprint density at radius 1 is 1.43 bits per heavy atom. The number of nitriles is 1. The molecule has 1 aliphatic rings. The Morgan fingerprint density at radius 3 is 2.67 bits per heavy atom. The van der Waals surface area contributed by atoms with Crippen LogP contribution < -0.4 is 5.32 Å². The summed E-state index contributed by atoms with van der Waals surface area (Å²) >= 11 is 0. The first-order chi connectivity index (χ1) is 9.94. The number of amides is 1. The first-order valence-electron chi connectivity index (χ1n) is 7.17. The van der Waals surface area contributed by atoms with Crippen molar-refractivity contribution in [2.24, 2.45) is 0 Å². The summed E-state index contributed by atoms with van der Waals surface area (Å²) in [6, 6.07) is 6.28. The van der Waals surface area contributed by atoms with Crippen LogP contribution >= 0.6 is 0 Å². The molecule has 0 saturated carbocycles. The average molecular weight is 289 g/mol. The van der Waals surface area contributed by atoms with Crippen LogP contribution in [-0.4, -0.2) is 29.4 Å². The van der Waals surface area contributed by atoms with E-state index in [-0.39, 0.29) is 12.5 Å². The Hall–Kier alpha value is -1.93. The quantitative estimate of drug-likeness (QED) is 0.924. The summed E-state index contributed by atoms with van der Waals surface area (Å²) in [7, 11) is 0. The maximum absolute atomic E-state index is 13.8. The number of nitrogens with zero attached hydrogens (tertiary/aromatic N) is 2. The minimum Gasteiger partial charge on any atom is -0.341 e. The van der Waals surface area contributed by atoms with Crippen LogP contribution in [0.4, 0.5) is 4.39 Å². The maximum atomic E-state index is 13.8. The summed E-state index contributed by atoms with van der Waals surface area (Å²) < 4.78 is 13.8. The normalized spacial score (nSPS) is 15.0. The molecule has 1 N–H and O–H groups in total. The van der Waals surface area contributed by atoms with Gasteiger partial charge in [-0.15, -0.1) is 0 Å². The van der Waals surface area contributed by atoms with E-state index < -0.39 is 11.4 Å². The van der Waals surface area contributed by atoms with Gasteiger partial charge in [0, 0.05) is 25.2 Å². The molecule has 1 aliphatic heterocycles. The smallest absolute Gasteiger partial charge is 0.242 e. The van der Waals surface area contributed by atoms with Crippen molar-refractivity contribution in [1.82, 2.24) is 10.2 Å². The monoisotopic (exact) mass is 289 g/mol. The van der Waals surface area contributed by atoms with Crippen LogP contribution in [0.2, 0.25) is 0 Å². The number of carbonyl (C=O) groups excluding carboxylic acids is 1. The standard InChI is InChI=1S/C16H20FN3O/c1-16(2,15(21)20-7-3-4-8-20)19-11-13-6-5-12(10-18)9-14(13)17/h5-6,9,19H,3-4,7-8,11H2,1-2H3. The number of hydrogen-bond acceptors (Lipinski definition) is 3. The summed E-state index contributed by atoms with van der Waals surface area (Å²) in [6.07, 6.45) is 2.10. The highest BCUT2D eigenvalue weighted by molar-refractivity contribution is 5.85. The summed E-state index contributed by atoms with van der Waals surface area (Å²) in [5.41, 5.74) is 0.0185. The minimum atomic E-state index is -0.731. The Kier molecular flexibility index (Phi) is 4.59. The lowest BCUT2D eigenvalue weighted by Crippen LogP contribution is -2.53. The van der Waals surface area contributed by atoms with Gasteiger partial charge in [-0.3, -0.25) is 10.1 Å². The SMILES string of the molecule is CC(C)(NCc1ccc(C#N)cc1F)C(=O)N1CCCC1. The molecule has 0 atom stereocenters. The molecule has 0 aliphatic carbocycles. The molecule has 1 fully saturated rings. The fraction of sp³-hybridized carbons (Fsp3) is 0.500. The molecule has 0 bridgehead atoms. The van der Waals surface area contributed by atoms with E-state index in [1.807, 2.05) is 24.8 Å². The molecule has 0 spiro atoms. The fourth-order valence-corrected chi connectivity index (χ4v) is 2.47. The zero-order valence-corrected chi connectivity index (χ0v) is 12.4. The van der Waals surface area contributed by atoms with Crippen LogP contribution in [-0.2, 0) is 11.3 Å². The summed E-state index contributed by atoms with van der Waals surface area (Å²) in [4.78, 5) is 14.2. The zero-order chi connectivity index (χ0) is 15.5. The van der Waals surface area contributed by atoms with E-state index in [1.54, 1.807) is 12.1 Å². The van der Waals surface area contributed by atoms with E-state index in [9.17, 15) is 9.18 Å². The van der Waals surface area contributed by atoms with Crippen LogP contribution in [0.1, 0.15) is 37.8 Å². The van der Waals surface area contributed by atoms with E-state index in [4.69, 9.17) is 5.26 Å². The van der Waals surface area contributed by atoms with E-state index >= 15 is 0 Å². The second kappa shape index (κ2) is 6.23. The molecular formula is C16H20FN3O. The van der Waals surface area contributed by atoms with E-state index in [0.29, 0.717) is 11.1 Å². The number of rotatable bonds is 4.